The Labute approximate surface area is 125 Å². The predicted octanol–water partition coefficient (Wildman–Crippen LogP) is 3.34. The van der Waals surface area contributed by atoms with E-state index < -0.39 is 10.9 Å². The number of carbonyl (C=O) groups is 1. The number of nitrogens with zero attached hydrogens (tertiary/aromatic N) is 1. The lowest BCUT2D eigenvalue weighted by atomic mass is 10.0. The Kier molecular flexibility index (Phi) is 4.29. The number of carbonyl (C=O) groups excluding carboxylic acids is 1. The van der Waals surface area contributed by atoms with Gasteiger partial charge in [0.2, 0.25) is 0 Å². The molecule has 1 saturated heterocycles. The summed E-state index contributed by atoms with van der Waals surface area (Å²) in [5.74, 6) is 1.45. The third-order valence-electron chi connectivity index (χ3n) is 3.34. The SMILES string of the molecule is COC(=O)c1cc(C2(C)SCCS2)cc([N+](=O)[O-])c1C. The molecule has 20 heavy (non-hydrogen) atoms. The highest BCUT2D eigenvalue weighted by Crippen LogP contribution is 2.52. The molecule has 0 amide bonds. The zero-order valence-corrected chi connectivity index (χ0v) is 13.1. The van der Waals surface area contributed by atoms with Gasteiger partial charge in [0.05, 0.1) is 21.7 Å². The molecule has 0 bridgehead atoms. The van der Waals surface area contributed by atoms with Crippen molar-refractivity contribution < 1.29 is 14.5 Å². The van der Waals surface area contributed by atoms with Crippen molar-refractivity contribution in [2.45, 2.75) is 17.9 Å². The lowest BCUT2D eigenvalue weighted by molar-refractivity contribution is -0.385. The van der Waals surface area contributed by atoms with Crippen molar-refractivity contribution in [3.8, 4) is 0 Å². The third kappa shape index (κ3) is 2.64. The van der Waals surface area contributed by atoms with Crippen molar-refractivity contribution in [3.63, 3.8) is 0 Å². The lowest BCUT2D eigenvalue weighted by Crippen LogP contribution is -2.13. The van der Waals surface area contributed by atoms with Gasteiger partial charge in [0.15, 0.2) is 0 Å². The van der Waals surface area contributed by atoms with Crippen LogP contribution in [0.3, 0.4) is 0 Å². The zero-order chi connectivity index (χ0) is 14.9. The second kappa shape index (κ2) is 5.65. The van der Waals surface area contributed by atoms with Crippen molar-refractivity contribution in [1.29, 1.82) is 0 Å². The Hall–Kier alpha value is -1.21. The van der Waals surface area contributed by atoms with Crippen LogP contribution in [0.5, 0.6) is 0 Å². The van der Waals surface area contributed by atoms with Crippen LogP contribution in [0.4, 0.5) is 5.69 Å². The molecule has 7 heteroatoms. The highest BCUT2D eigenvalue weighted by atomic mass is 32.2. The number of hydrogen-bond donors (Lipinski definition) is 0. The molecular weight excluding hydrogens is 298 g/mol. The number of benzene rings is 1. The van der Waals surface area contributed by atoms with Crippen LogP contribution in [-0.2, 0) is 8.82 Å². The van der Waals surface area contributed by atoms with Gasteiger partial charge in [-0.1, -0.05) is 0 Å². The van der Waals surface area contributed by atoms with Crippen LogP contribution in [0.1, 0.15) is 28.4 Å². The van der Waals surface area contributed by atoms with E-state index in [0.29, 0.717) is 5.56 Å². The van der Waals surface area contributed by atoms with E-state index in [2.05, 4.69) is 0 Å². The smallest absolute Gasteiger partial charge is 0.338 e. The van der Waals surface area contributed by atoms with Crippen molar-refractivity contribution in [2.75, 3.05) is 18.6 Å². The van der Waals surface area contributed by atoms with Gasteiger partial charge in [-0.2, -0.15) is 0 Å². The molecule has 0 saturated carbocycles. The van der Waals surface area contributed by atoms with E-state index in [1.807, 2.05) is 6.92 Å². The summed E-state index contributed by atoms with van der Waals surface area (Å²) in [6, 6.07) is 3.30. The molecule has 0 radical (unpaired) electrons. The minimum absolute atomic E-state index is 0.0303. The maximum Gasteiger partial charge on any atom is 0.338 e. The predicted molar refractivity (Wildman–Crippen MR) is 81.4 cm³/mol. The Morgan fingerprint density at radius 3 is 2.50 bits per heavy atom. The minimum Gasteiger partial charge on any atom is -0.465 e. The molecule has 5 nitrogen and oxygen atoms in total. The maximum atomic E-state index is 11.8. The summed E-state index contributed by atoms with van der Waals surface area (Å²) in [7, 11) is 1.28. The van der Waals surface area contributed by atoms with Crippen LogP contribution < -0.4 is 0 Å². The zero-order valence-electron chi connectivity index (χ0n) is 11.5. The first-order valence-electron chi connectivity index (χ1n) is 6.05. The van der Waals surface area contributed by atoms with Crippen LogP contribution in [-0.4, -0.2) is 29.5 Å². The number of methoxy groups -OCH3 is 1. The van der Waals surface area contributed by atoms with Crippen molar-refractivity contribution in [2.24, 2.45) is 0 Å². The average molecular weight is 313 g/mol. The molecule has 1 aromatic rings. The molecule has 0 unspecified atom stereocenters. The Bertz CT molecular complexity index is 568. The molecule has 0 aromatic heterocycles. The first kappa shape index (κ1) is 15.2. The average Bonchev–Trinajstić information content (AvgIpc) is 2.85. The molecule has 1 aliphatic rings. The standard InChI is InChI=1S/C13H15NO4S2/c1-8-10(12(15)18-3)6-9(7-11(8)14(16)17)13(2)19-4-5-20-13/h6-7H,4-5H2,1-3H3. The highest BCUT2D eigenvalue weighted by molar-refractivity contribution is 8.20. The van der Waals surface area contributed by atoms with Crippen molar-refractivity contribution in [1.82, 2.24) is 0 Å². The van der Waals surface area contributed by atoms with Crippen LogP contribution in [0, 0.1) is 17.0 Å². The third-order valence-corrected chi connectivity index (χ3v) is 6.70. The number of hydrogen-bond acceptors (Lipinski definition) is 6. The van der Waals surface area contributed by atoms with E-state index in [4.69, 9.17) is 4.74 Å². The van der Waals surface area contributed by atoms with Gasteiger partial charge in [0.1, 0.15) is 0 Å². The van der Waals surface area contributed by atoms with E-state index in [1.54, 1.807) is 42.6 Å². The molecule has 1 fully saturated rings. The van der Waals surface area contributed by atoms with Gasteiger partial charge in [0.25, 0.3) is 5.69 Å². The summed E-state index contributed by atoms with van der Waals surface area (Å²) in [6.45, 7) is 3.61. The van der Waals surface area contributed by atoms with Gasteiger partial charge in [-0.05, 0) is 25.5 Å². The summed E-state index contributed by atoms with van der Waals surface area (Å²) in [5, 5.41) is 11.2. The Morgan fingerprint density at radius 2 is 2.00 bits per heavy atom. The van der Waals surface area contributed by atoms with Crippen LogP contribution >= 0.6 is 23.5 Å². The Morgan fingerprint density at radius 1 is 1.40 bits per heavy atom. The first-order chi connectivity index (χ1) is 9.39. The molecule has 0 aliphatic carbocycles. The maximum absolute atomic E-state index is 11.8. The van der Waals surface area contributed by atoms with E-state index in [9.17, 15) is 14.9 Å². The summed E-state index contributed by atoms with van der Waals surface area (Å²) in [6.07, 6.45) is 0. The normalized spacial score (nSPS) is 16.9. The van der Waals surface area contributed by atoms with Gasteiger partial charge >= 0.3 is 5.97 Å². The number of nitro groups is 1. The van der Waals surface area contributed by atoms with Crippen LogP contribution in [0.25, 0.3) is 0 Å². The quantitative estimate of drug-likeness (QED) is 0.484. The van der Waals surface area contributed by atoms with Gasteiger partial charge in [0, 0.05) is 23.1 Å². The number of ether oxygens (including phenoxy) is 1. The van der Waals surface area contributed by atoms with Crippen LogP contribution in [0.15, 0.2) is 12.1 Å². The molecule has 2 rings (SSSR count). The van der Waals surface area contributed by atoms with Gasteiger partial charge in [-0.3, -0.25) is 10.1 Å². The molecule has 0 spiro atoms. The number of thioether (sulfide) groups is 2. The second-order valence-corrected chi connectivity index (χ2v) is 7.84. The largest absolute Gasteiger partial charge is 0.465 e. The van der Waals surface area contributed by atoms with Gasteiger partial charge < -0.3 is 4.74 Å². The summed E-state index contributed by atoms with van der Waals surface area (Å²) in [4.78, 5) is 22.6. The van der Waals surface area contributed by atoms with Gasteiger partial charge in [-0.15, -0.1) is 23.5 Å². The Balaban J connectivity index is 2.61. The summed E-state index contributed by atoms with van der Waals surface area (Å²) < 4.78 is 4.48. The van der Waals surface area contributed by atoms with Gasteiger partial charge in [-0.25, -0.2) is 4.79 Å². The fraction of sp³-hybridized carbons (Fsp3) is 0.462. The van der Waals surface area contributed by atoms with E-state index in [0.717, 1.165) is 17.1 Å². The molecular formula is C13H15NO4S2. The minimum atomic E-state index is -0.538. The van der Waals surface area contributed by atoms with E-state index in [1.165, 1.54) is 7.11 Å². The molecule has 108 valence electrons. The van der Waals surface area contributed by atoms with E-state index in [-0.39, 0.29) is 15.3 Å². The van der Waals surface area contributed by atoms with Crippen molar-refractivity contribution in [3.05, 3.63) is 38.9 Å². The number of esters is 1. The highest BCUT2D eigenvalue weighted by Gasteiger charge is 2.35. The number of nitro benzene ring substituents is 1. The fourth-order valence-electron chi connectivity index (χ4n) is 2.15. The summed E-state index contributed by atoms with van der Waals surface area (Å²) in [5.41, 5.74) is 1.38. The number of rotatable bonds is 3. The molecule has 1 heterocycles. The lowest BCUT2D eigenvalue weighted by Gasteiger charge is -2.23. The topological polar surface area (TPSA) is 69.4 Å². The molecule has 0 atom stereocenters. The fourth-order valence-corrected chi connectivity index (χ4v) is 5.00. The summed E-state index contributed by atoms with van der Waals surface area (Å²) >= 11 is 3.48. The molecule has 1 aromatic carbocycles. The second-order valence-electron chi connectivity index (χ2n) is 4.56. The van der Waals surface area contributed by atoms with E-state index >= 15 is 0 Å². The monoisotopic (exact) mass is 313 g/mol. The van der Waals surface area contributed by atoms with Crippen molar-refractivity contribution >= 4 is 35.2 Å². The first-order valence-corrected chi connectivity index (χ1v) is 8.02. The van der Waals surface area contributed by atoms with Crippen LogP contribution in [0.2, 0.25) is 0 Å². The molecule has 1 aliphatic heterocycles. The molecule has 0 N–H and O–H groups in total.